The lowest BCUT2D eigenvalue weighted by Gasteiger charge is -1.94. The quantitative estimate of drug-likeness (QED) is 0.663. The Bertz CT molecular complexity index is 331. The molecule has 1 aromatic rings. The number of hydrogen-bond acceptors (Lipinski definition) is 1. The van der Waals surface area contributed by atoms with Crippen LogP contribution in [-0.4, -0.2) is 6.29 Å². The fraction of sp³-hybridized carbons (Fsp3) is 0.308. The molecular formula is C13H14ClO. The van der Waals surface area contributed by atoms with Crippen molar-refractivity contribution >= 4 is 24.0 Å². The Balaban J connectivity index is 2.28. The molecule has 0 N–H and O–H groups in total. The normalized spacial score (nSPS) is 10.7. The summed E-state index contributed by atoms with van der Waals surface area (Å²) in [5, 5.41) is 0.757. The van der Waals surface area contributed by atoms with Gasteiger partial charge >= 0.3 is 0 Å². The van der Waals surface area contributed by atoms with Crippen molar-refractivity contribution in [2.45, 2.75) is 25.7 Å². The molecule has 1 aromatic carbocycles. The monoisotopic (exact) mass is 221 g/mol. The molecule has 1 radical (unpaired) electrons. The van der Waals surface area contributed by atoms with Crippen LogP contribution in [0.25, 0.3) is 6.08 Å². The van der Waals surface area contributed by atoms with Crippen LogP contribution in [0, 0.1) is 0 Å². The Hall–Kier alpha value is -1.08. The molecule has 1 rings (SSSR count). The van der Waals surface area contributed by atoms with E-state index in [1.54, 1.807) is 0 Å². The Kier molecular flexibility index (Phi) is 5.79. The van der Waals surface area contributed by atoms with Gasteiger partial charge in [0.15, 0.2) is 6.29 Å². The second kappa shape index (κ2) is 7.24. The van der Waals surface area contributed by atoms with Gasteiger partial charge in [0.05, 0.1) is 0 Å². The maximum Gasteiger partial charge on any atom is 0.198 e. The number of rotatable bonds is 6. The average Bonchev–Trinajstić information content (AvgIpc) is 2.23. The van der Waals surface area contributed by atoms with Crippen molar-refractivity contribution in [3.63, 3.8) is 0 Å². The van der Waals surface area contributed by atoms with Crippen LogP contribution in [-0.2, 0) is 4.79 Å². The Morgan fingerprint density at radius 3 is 2.93 bits per heavy atom. The maximum atomic E-state index is 9.94. The molecule has 79 valence electrons. The van der Waals surface area contributed by atoms with Crippen molar-refractivity contribution in [3.8, 4) is 0 Å². The van der Waals surface area contributed by atoms with E-state index < -0.39 is 0 Å². The van der Waals surface area contributed by atoms with Gasteiger partial charge in [-0.3, -0.25) is 4.79 Å². The summed E-state index contributed by atoms with van der Waals surface area (Å²) in [6.45, 7) is 0. The third-order valence-electron chi connectivity index (χ3n) is 2.06. The molecule has 0 spiro atoms. The summed E-state index contributed by atoms with van der Waals surface area (Å²) in [5.74, 6) is 0. The van der Waals surface area contributed by atoms with E-state index in [4.69, 9.17) is 11.6 Å². The largest absolute Gasteiger partial charge is 0.291 e. The van der Waals surface area contributed by atoms with Gasteiger partial charge in [-0.2, -0.15) is 0 Å². The summed E-state index contributed by atoms with van der Waals surface area (Å²) >= 11 is 5.85. The predicted molar refractivity (Wildman–Crippen MR) is 64.6 cm³/mol. The third-order valence-corrected chi connectivity index (χ3v) is 2.29. The van der Waals surface area contributed by atoms with Crippen molar-refractivity contribution in [3.05, 3.63) is 40.9 Å². The van der Waals surface area contributed by atoms with E-state index in [2.05, 4.69) is 12.2 Å². The Morgan fingerprint density at radius 1 is 1.33 bits per heavy atom. The minimum atomic E-state index is 0.547. The van der Waals surface area contributed by atoms with E-state index in [1.807, 2.05) is 30.6 Å². The number of unbranched alkanes of at least 4 members (excludes halogenated alkanes) is 3. The van der Waals surface area contributed by atoms with Crippen LogP contribution >= 0.6 is 11.6 Å². The molecule has 0 aliphatic carbocycles. The van der Waals surface area contributed by atoms with Crippen molar-refractivity contribution in [1.82, 2.24) is 0 Å². The van der Waals surface area contributed by atoms with Crippen molar-refractivity contribution in [1.29, 1.82) is 0 Å². The molecule has 0 aromatic heterocycles. The molecule has 0 saturated heterocycles. The summed E-state index contributed by atoms with van der Waals surface area (Å²) in [4.78, 5) is 9.94. The van der Waals surface area contributed by atoms with E-state index in [9.17, 15) is 4.79 Å². The van der Waals surface area contributed by atoms with Gasteiger partial charge in [0.1, 0.15) is 0 Å². The standard InChI is InChI=1S/C13H14ClO/c14-13-9-6-8-12(11-13)7-4-2-1-3-5-10-15/h4,6-9,11H,1-3,5H2/b7-4+. The predicted octanol–water partition coefficient (Wildman–Crippen LogP) is 4.02. The molecule has 0 aliphatic heterocycles. The SMILES string of the molecule is O=[C]CCCC/C=C/c1cccc(Cl)c1. The average molecular weight is 222 g/mol. The van der Waals surface area contributed by atoms with Crippen molar-refractivity contribution < 1.29 is 4.79 Å². The molecule has 0 atom stereocenters. The third kappa shape index (κ3) is 5.38. The van der Waals surface area contributed by atoms with Gasteiger partial charge in [-0.25, -0.2) is 0 Å². The molecule has 2 heteroatoms. The summed E-state index contributed by atoms with van der Waals surface area (Å²) in [5.41, 5.74) is 1.12. The van der Waals surface area contributed by atoms with Gasteiger partial charge < -0.3 is 0 Å². The zero-order valence-corrected chi connectivity index (χ0v) is 9.33. The molecule has 0 unspecified atom stereocenters. The minimum absolute atomic E-state index is 0.547. The summed E-state index contributed by atoms with van der Waals surface area (Å²) in [6.07, 6.45) is 9.55. The number of carbonyl (C=O) groups excluding carboxylic acids is 1. The molecule has 0 amide bonds. The second-order valence-corrected chi connectivity index (χ2v) is 3.78. The number of halogens is 1. The summed E-state index contributed by atoms with van der Waals surface area (Å²) in [6, 6.07) is 7.74. The van der Waals surface area contributed by atoms with Crippen LogP contribution < -0.4 is 0 Å². The van der Waals surface area contributed by atoms with E-state index in [0.29, 0.717) is 6.42 Å². The molecule has 1 nitrogen and oxygen atoms in total. The first-order chi connectivity index (χ1) is 7.33. The first-order valence-corrected chi connectivity index (χ1v) is 5.48. The van der Waals surface area contributed by atoms with E-state index in [1.165, 1.54) is 0 Å². The highest BCUT2D eigenvalue weighted by Gasteiger charge is 1.89. The smallest absolute Gasteiger partial charge is 0.198 e. The van der Waals surface area contributed by atoms with E-state index in [0.717, 1.165) is 29.8 Å². The zero-order chi connectivity index (χ0) is 10.9. The lowest BCUT2D eigenvalue weighted by atomic mass is 10.1. The molecular weight excluding hydrogens is 208 g/mol. The van der Waals surface area contributed by atoms with Gasteiger partial charge in [-0.15, -0.1) is 0 Å². The van der Waals surface area contributed by atoms with Crippen LogP contribution in [0.5, 0.6) is 0 Å². The van der Waals surface area contributed by atoms with Crippen molar-refractivity contribution in [2.75, 3.05) is 0 Å². The van der Waals surface area contributed by atoms with Crippen LogP contribution in [0.3, 0.4) is 0 Å². The number of benzene rings is 1. The molecule has 0 heterocycles. The summed E-state index contributed by atoms with van der Waals surface area (Å²) < 4.78 is 0. The first-order valence-electron chi connectivity index (χ1n) is 5.10. The molecule has 0 bridgehead atoms. The second-order valence-electron chi connectivity index (χ2n) is 3.35. The summed E-state index contributed by atoms with van der Waals surface area (Å²) in [7, 11) is 0. The Labute approximate surface area is 95.8 Å². The van der Waals surface area contributed by atoms with E-state index in [-0.39, 0.29) is 0 Å². The first kappa shape index (κ1) is 12.0. The van der Waals surface area contributed by atoms with Gasteiger partial charge in [-0.05, 0) is 37.0 Å². The van der Waals surface area contributed by atoms with Crippen LogP contribution in [0.2, 0.25) is 5.02 Å². The van der Waals surface area contributed by atoms with E-state index >= 15 is 0 Å². The fourth-order valence-electron chi connectivity index (χ4n) is 1.29. The topological polar surface area (TPSA) is 17.1 Å². The van der Waals surface area contributed by atoms with Gasteiger partial charge in [0.2, 0.25) is 0 Å². The number of allylic oxidation sites excluding steroid dienone is 1. The van der Waals surface area contributed by atoms with Gasteiger partial charge in [-0.1, -0.05) is 35.9 Å². The lowest BCUT2D eigenvalue weighted by Crippen LogP contribution is -1.76. The maximum absolute atomic E-state index is 9.94. The zero-order valence-electron chi connectivity index (χ0n) is 8.58. The van der Waals surface area contributed by atoms with Crippen LogP contribution in [0.4, 0.5) is 0 Å². The molecule has 0 fully saturated rings. The Morgan fingerprint density at radius 2 is 2.20 bits per heavy atom. The van der Waals surface area contributed by atoms with Crippen LogP contribution in [0.1, 0.15) is 31.2 Å². The highest BCUT2D eigenvalue weighted by molar-refractivity contribution is 6.30. The fourth-order valence-corrected chi connectivity index (χ4v) is 1.49. The van der Waals surface area contributed by atoms with Crippen LogP contribution in [0.15, 0.2) is 30.3 Å². The lowest BCUT2D eigenvalue weighted by molar-refractivity contribution is 0.547. The molecule has 0 aliphatic rings. The van der Waals surface area contributed by atoms with Crippen molar-refractivity contribution in [2.24, 2.45) is 0 Å². The highest BCUT2D eigenvalue weighted by Crippen LogP contribution is 2.12. The highest BCUT2D eigenvalue weighted by atomic mass is 35.5. The molecule has 0 saturated carbocycles. The molecule has 15 heavy (non-hydrogen) atoms. The van der Waals surface area contributed by atoms with Gasteiger partial charge in [0.25, 0.3) is 0 Å². The number of hydrogen-bond donors (Lipinski definition) is 0. The van der Waals surface area contributed by atoms with Gasteiger partial charge in [0, 0.05) is 11.4 Å². The minimum Gasteiger partial charge on any atom is -0.291 e.